The van der Waals surface area contributed by atoms with E-state index in [-0.39, 0.29) is 0 Å². The van der Waals surface area contributed by atoms with E-state index >= 15 is 0 Å². The molecule has 2 rings (SSSR count). The second kappa shape index (κ2) is 8.12. The lowest BCUT2D eigenvalue weighted by Gasteiger charge is -2.15. The molecule has 0 aliphatic carbocycles. The maximum absolute atomic E-state index is 5.27. The Morgan fingerprint density at radius 3 is 2.71 bits per heavy atom. The molecule has 21 heavy (non-hydrogen) atoms. The van der Waals surface area contributed by atoms with E-state index < -0.39 is 0 Å². The summed E-state index contributed by atoms with van der Waals surface area (Å²) in [4.78, 5) is 8.11. The molecular formula is C16H23N3OS. The topological polar surface area (TPSA) is 37.4 Å². The number of nitrogens with zero attached hydrogens (tertiary/aromatic N) is 2. The van der Waals surface area contributed by atoms with Crippen molar-refractivity contribution in [2.45, 2.75) is 26.5 Å². The van der Waals surface area contributed by atoms with Gasteiger partial charge >= 0.3 is 0 Å². The van der Waals surface area contributed by atoms with E-state index in [1.54, 1.807) is 18.4 Å². The van der Waals surface area contributed by atoms with Gasteiger partial charge in [-0.3, -0.25) is 0 Å². The third kappa shape index (κ3) is 4.27. The van der Waals surface area contributed by atoms with Crippen LogP contribution in [-0.2, 0) is 17.9 Å². The van der Waals surface area contributed by atoms with Gasteiger partial charge in [-0.2, -0.15) is 0 Å². The van der Waals surface area contributed by atoms with Crippen LogP contribution in [0.15, 0.2) is 30.3 Å². The van der Waals surface area contributed by atoms with Gasteiger partial charge in [0.25, 0.3) is 0 Å². The molecule has 0 saturated heterocycles. The highest BCUT2D eigenvalue weighted by atomic mass is 32.1. The Kier molecular flexibility index (Phi) is 6.17. The number of nitrogens with one attached hydrogen (secondary N) is 1. The molecule has 4 nitrogen and oxygen atoms in total. The molecular weight excluding hydrogens is 282 g/mol. The van der Waals surface area contributed by atoms with Crippen LogP contribution in [0.5, 0.6) is 0 Å². The largest absolute Gasteiger partial charge is 0.378 e. The van der Waals surface area contributed by atoms with Crippen molar-refractivity contribution < 1.29 is 4.74 Å². The second-order valence-corrected chi connectivity index (χ2v) is 5.93. The molecule has 0 aliphatic heterocycles. The molecule has 1 N–H and O–H groups in total. The van der Waals surface area contributed by atoms with Crippen LogP contribution in [-0.4, -0.2) is 25.7 Å². The zero-order chi connectivity index (χ0) is 15.1. The zero-order valence-electron chi connectivity index (χ0n) is 12.9. The van der Waals surface area contributed by atoms with Gasteiger partial charge in [-0.05, 0) is 25.1 Å². The summed E-state index contributed by atoms with van der Waals surface area (Å²) in [5.74, 6) is 0. The summed E-state index contributed by atoms with van der Waals surface area (Å²) in [6.45, 7) is 4.60. The number of thiazole rings is 1. The summed E-state index contributed by atoms with van der Waals surface area (Å²) >= 11 is 1.73. The van der Waals surface area contributed by atoms with Crippen molar-refractivity contribution in [3.8, 4) is 0 Å². The van der Waals surface area contributed by atoms with Gasteiger partial charge in [0.2, 0.25) is 0 Å². The number of rotatable bonds is 8. The van der Waals surface area contributed by atoms with Crippen LogP contribution < -0.4 is 10.2 Å². The molecule has 0 saturated carbocycles. The number of aromatic nitrogens is 1. The highest BCUT2D eigenvalue weighted by Crippen LogP contribution is 2.30. The SMILES string of the molecule is CCCNCc1sc(N(C)c2ccccc2)nc1COC. The minimum absolute atomic E-state index is 0.558. The van der Waals surface area contributed by atoms with Crippen molar-refractivity contribution >= 4 is 22.2 Å². The number of anilines is 2. The minimum atomic E-state index is 0.558. The summed E-state index contributed by atoms with van der Waals surface area (Å²) in [5.41, 5.74) is 2.17. The molecule has 0 fully saturated rings. The molecule has 5 heteroatoms. The number of ether oxygens (including phenoxy) is 1. The Labute approximate surface area is 130 Å². The van der Waals surface area contributed by atoms with Crippen molar-refractivity contribution in [1.82, 2.24) is 10.3 Å². The third-order valence-corrected chi connectivity index (χ3v) is 4.36. The lowest BCUT2D eigenvalue weighted by atomic mass is 10.3. The van der Waals surface area contributed by atoms with Crippen molar-refractivity contribution in [2.75, 3.05) is 25.6 Å². The standard InChI is InChI=1S/C16H23N3OS/c1-4-10-17-11-15-14(12-20-3)18-16(21-15)19(2)13-8-6-5-7-9-13/h5-9,17H,4,10-12H2,1-3H3. The highest BCUT2D eigenvalue weighted by molar-refractivity contribution is 7.15. The molecule has 1 aromatic heterocycles. The van der Waals surface area contributed by atoms with Gasteiger partial charge in [-0.25, -0.2) is 4.98 Å². The maximum Gasteiger partial charge on any atom is 0.190 e. The Bertz CT molecular complexity index is 542. The van der Waals surface area contributed by atoms with Gasteiger partial charge in [-0.1, -0.05) is 36.5 Å². The van der Waals surface area contributed by atoms with Gasteiger partial charge in [0, 0.05) is 31.3 Å². The normalized spacial score (nSPS) is 10.8. The molecule has 0 amide bonds. The molecule has 0 spiro atoms. The van der Waals surface area contributed by atoms with Crippen molar-refractivity contribution in [3.05, 3.63) is 40.9 Å². The number of hydrogen-bond acceptors (Lipinski definition) is 5. The Balaban J connectivity index is 2.17. The fourth-order valence-corrected chi connectivity index (χ4v) is 3.06. The summed E-state index contributed by atoms with van der Waals surface area (Å²) < 4.78 is 5.27. The molecule has 114 valence electrons. The van der Waals surface area contributed by atoms with E-state index in [1.807, 2.05) is 25.2 Å². The van der Waals surface area contributed by atoms with Gasteiger partial charge in [0.05, 0.1) is 12.3 Å². The monoisotopic (exact) mass is 305 g/mol. The van der Waals surface area contributed by atoms with Crippen LogP contribution in [0, 0.1) is 0 Å². The molecule has 0 bridgehead atoms. The quantitative estimate of drug-likeness (QED) is 0.757. The van der Waals surface area contributed by atoms with Crippen LogP contribution >= 0.6 is 11.3 Å². The summed E-state index contributed by atoms with van der Waals surface area (Å²) in [6.07, 6.45) is 1.13. The van der Waals surface area contributed by atoms with E-state index in [1.165, 1.54) is 4.88 Å². The molecule has 0 aliphatic rings. The fraction of sp³-hybridized carbons (Fsp3) is 0.438. The average molecular weight is 305 g/mol. The average Bonchev–Trinajstić information content (AvgIpc) is 2.91. The molecule has 1 heterocycles. The Morgan fingerprint density at radius 2 is 2.05 bits per heavy atom. The number of methoxy groups -OCH3 is 1. The molecule has 0 radical (unpaired) electrons. The van der Waals surface area contributed by atoms with Crippen LogP contribution in [0.2, 0.25) is 0 Å². The molecule has 0 unspecified atom stereocenters. The van der Waals surface area contributed by atoms with Gasteiger partial charge < -0.3 is 15.0 Å². The third-order valence-electron chi connectivity index (χ3n) is 3.19. The van der Waals surface area contributed by atoms with Crippen LogP contribution in [0.1, 0.15) is 23.9 Å². The van der Waals surface area contributed by atoms with Crippen LogP contribution in [0.4, 0.5) is 10.8 Å². The van der Waals surface area contributed by atoms with Gasteiger partial charge in [0.15, 0.2) is 5.13 Å². The summed E-state index contributed by atoms with van der Waals surface area (Å²) in [5, 5.41) is 4.44. The molecule has 2 aromatic rings. The Morgan fingerprint density at radius 1 is 1.29 bits per heavy atom. The second-order valence-electron chi connectivity index (χ2n) is 4.87. The van der Waals surface area contributed by atoms with E-state index in [0.29, 0.717) is 6.61 Å². The fourth-order valence-electron chi connectivity index (χ4n) is 2.04. The number of hydrogen-bond donors (Lipinski definition) is 1. The predicted octanol–water partition coefficient (Wildman–Crippen LogP) is 3.56. The van der Waals surface area contributed by atoms with E-state index in [0.717, 1.165) is 36.0 Å². The van der Waals surface area contributed by atoms with E-state index in [4.69, 9.17) is 9.72 Å². The molecule has 0 atom stereocenters. The predicted molar refractivity (Wildman–Crippen MR) is 89.3 cm³/mol. The van der Waals surface area contributed by atoms with Crippen LogP contribution in [0.25, 0.3) is 0 Å². The molecule has 1 aromatic carbocycles. The summed E-state index contributed by atoms with van der Waals surface area (Å²) in [6, 6.07) is 10.3. The highest BCUT2D eigenvalue weighted by Gasteiger charge is 2.14. The first kappa shape index (κ1) is 15.9. The minimum Gasteiger partial charge on any atom is -0.378 e. The first-order chi connectivity index (χ1) is 10.3. The lowest BCUT2D eigenvalue weighted by molar-refractivity contribution is 0.181. The van der Waals surface area contributed by atoms with Crippen molar-refractivity contribution in [1.29, 1.82) is 0 Å². The van der Waals surface area contributed by atoms with Gasteiger partial charge in [0.1, 0.15) is 0 Å². The maximum atomic E-state index is 5.27. The van der Waals surface area contributed by atoms with E-state index in [2.05, 4.69) is 29.3 Å². The zero-order valence-corrected chi connectivity index (χ0v) is 13.7. The Hall–Kier alpha value is -1.43. The van der Waals surface area contributed by atoms with Crippen molar-refractivity contribution in [2.24, 2.45) is 0 Å². The van der Waals surface area contributed by atoms with Gasteiger partial charge in [-0.15, -0.1) is 0 Å². The first-order valence-electron chi connectivity index (χ1n) is 7.23. The smallest absolute Gasteiger partial charge is 0.190 e. The van der Waals surface area contributed by atoms with Crippen molar-refractivity contribution in [3.63, 3.8) is 0 Å². The van der Waals surface area contributed by atoms with Crippen LogP contribution in [0.3, 0.4) is 0 Å². The summed E-state index contributed by atoms with van der Waals surface area (Å²) in [7, 11) is 3.76. The van der Waals surface area contributed by atoms with E-state index in [9.17, 15) is 0 Å². The lowest BCUT2D eigenvalue weighted by Crippen LogP contribution is -2.14. The number of benzene rings is 1. The number of para-hydroxylation sites is 1. The first-order valence-corrected chi connectivity index (χ1v) is 8.05.